The predicted molar refractivity (Wildman–Crippen MR) is 108 cm³/mol. The van der Waals surface area contributed by atoms with E-state index in [4.69, 9.17) is 4.74 Å². The molecule has 2 N–H and O–H groups in total. The van der Waals surface area contributed by atoms with Crippen LogP contribution in [0.4, 0.5) is 16.2 Å². The number of nitrogens with zero attached hydrogens (tertiary/aromatic N) is 3. The predicted octanol–water partition coefficient (Wildman–Crippen LogP) is 3.66. The fourth-order valence-electron chi connectivity index (χ4n) is 3.11. The zero-order chi connectivity index (χ0) is 19.8. The molecule has 0 saturated carbocycles. The van der Waals surface area contributed by atoms with Gasteiger partial charge >= 0.3 is 6.03 Å². The van der Waals surface area contributed by atoms with Gasteiger partial charge in [-0.15, -0.1) is 0 Å². The normalized spacial score (nSPS) is 15.0. The standard InChI is InChI=1S/C20H29N5O2/c1-13(16-12-25(20(3,4)5)23-14(16)2)21-19(26)22-15-7-8-18-17(11-15)24(6)9-10-27-18/h7-8,11-13H,9-10H2,1-6H3,(H2,21,22,26). The molecule has 2 amide bonds. The number of ether oxygens (including phenoxy) is 1. The molecule has 0 saturated heterocycles. The van der Waals surface area contributed by atoms with E-state index in [2.05, 4.69) is 41.4 Å². The Kier molecular flexibility index (Phi) is 5.04. The molecule has 1 aromatic carbocycles. The summed E-state index contributed by atoms with van der Waals surface area (Å²) in [7, 11) is 2.02. The Morgan fingerprint density at radius 3 is 2.74 bits per heavy atom. The zero-order valence-electron chi connectivity index (χ0n) is 17.0. The van der Waals surface area contributed by atoms with E-state index in [1.54, 1.807) is 0 Å². The average molecular weight is 371 g/mol. The number of hydrogen-bond donors (Lipinski definition) is 2. The van der Waals surface area contributed by atoms with Crippen molar-refractivity contribution in [3.8, 4) is 5.75 Å². The van der Waals surface area contributed by atoms with Crippen molar-refractivity contribution in [2.75, 3.05) is 30.4 Å². The Labute approximate surface area is 160 Å². The summed E-state index contributed by atoms with van der Waals surface area (Å²) < 4.78 is 7.58. The topological polar surface area (TPSA) is 71.4 Å². The molecule has 146 valence electrons. The molecule has 0 spiro atoms. The second kappa shape index (κ2) is 7.13. The Morgan fingerprint density at radius 1 is 1.33 bits per heavy atom. The van der Waals surface area contributed by atoms with E-state index in [1.807, 2.05) is 50.0 Å². The van der Waals surface area contributed by atoms with Crippen molar-refractivity contribution >= 4 is 17.4 Å². The Hall–Kier alpha value is -2.70. The molecule has 1 aromatic heterocycles. The van der Waals surface area contributed by atoms with Crippen LogP contribution in [0.15, 0.2) is 24.4 Å². The van der Waals surface area contributed by atoms with Gasteiger partial charge in [0.15, 0.2) is 0 Å². The van der Waals surface area contributed by atoms with Crippen LogP contribution in [0.1, 0.15) is 45.0 Å². The number of nitrogens with one attached hydrogen (secondary N) is 2. The second-order valence-electron chi connectivity index (χ2n) is 8.06. The van der Waals surface area contributed by atoms with Crippen molar-refractivity contribution in [3.05, 3.63) is 35.7 Å². The first-order chi connectivity index (χ1) is 12.6. The maximum Gasteiger partial charge on any atom is 0.319 e. The number of likely N-dealkylation sites (N-methyl/N-ethyl adjacent to an activating group) is 1. The lowest BCUT2D eigenvalue weighted by Gasteiger charge is -2.28. The van der Waals surface area contributed by atoms with Crippen molar-refractivity contribution in [1.29, 1.82) is 0 Å². The molecule has 1 aliphatic heterocycles. The summed E-state index contributed by atoms with van der Waals surface area (Å²) in [5.41, 5.74) is 3.55. The smallest absolute Gasteiger partial charge is 0.319 e. The van der Waals surface area contributed by atoms with Gasteiger partial charge in [0, 0.05) is 24.5 Å². The van der Waals surface area contributed by atoms with E-state index >= 15 is 0 Å². The molecule has 1 aliphatic rings. The molecule has 7 nitrogen and oxygen atoms in total. The maximum atomic E-state index is 12.5. The van der Waals surface area contributed by atoms with Crippen LogP contribution in [0.25, 0.3) is 0 Å². The molecular formula is C20H29N5O2. The number of amides is 2. The molecule has 0 bridgehead atoms. The minimum atomic E-state index is -0.246. The monoisotopic (exact) mass is 371 g/mol. The molecule has 1 unspecified atom stereocenters. The van der Waals surface area contributed by atoms with Crippen LogP contribution in [0.5, 0.6) is 5.75 Å². The summed E-state index contributed by atoms with van der Waals surface area (Å²) in [4.78, 5) is 14.6. The molecule has 3 rings (SSSR count). The van der Waals surface area contributed by atoms with Gasteiger partial charge in [0.1, 0.15) is 12.4 Å². The summed E-state index contributed by atoms with van der Waals surface area (Å²) in [6.45, 7) is 11.7. The number of urea groups is 1. The quantitative estimate of drug-likeness (QED) is 0.864. The average Bonchev–Trinajstić information content (AvgIpc) is 2.98. The third kappa shape index (κ3) is 4.18. The first-order valence-electron chi connectivity index (χ1n) is 9.27. The van der Waals surface area contributed by atoms with E-state index < -0.39 is 0 Å². The van der Waals surface area contributed by atoms with Crippen LogP contribution in [-0.4, -0.2) is 36.0 Å². The fraction of sp³-hybridized carbons (Fsp3) is 0.500. The minimum absolute atomic E-state index is 0.0950. The zero-order valence-corrected chi connectivity index (χ0v) is 17.0. The van der Waals surface area contributed by atoms with Crippen LogP contribution in [0.2, 0.25) is 0 Å². The lowest BCUT2D eigenvalue weighted by atomic mass is 10.1. The number of carbonyl (C=O) groups excluding carboxylic acids is 1. The molecule has 2 heterocycles. The molecule has 1 atom stereocenters. The lowest BCUT2D eigenvalue weighted by Crippen LogP contribution is -2.32. The minimum Gasteiger partial charge on any atom is -0.490 e. The molecule has 0 aliphatic carbocycles. The van der Waals surface area contributed by atoms with E-state index in [0.717, 1.165) is 34.9 Å². The van der Waals surface area contributed by atoms with Gasteiger partial charge in [-0.1, -0.05) is 0 Å². The molecule has 0 fully saturated rings. The number of aromatic nitrogens is 2. The Balaban J connectivity index is 1.68. The van der Waals surface area contributed by atoms with Gasteiger partial charge < -0.3 is 20.3 Å². The number of anilines is 2. The van der Waals surface area contributed by atoms with Crippen molar-refractivity contribution in [3.63, 3.8) is 0 Å². The Bertz CT molecular complexity index is 837. The third-order valence-corrected chi connectivity index (χ3v) is 4.75. The third-order valence-electron chi connectivity index (χ3n) is 4.75. The van der Waals surface area contributed by atoms with Gasteiger partial charge in [0.2, 0.25) is 0 Å². The molecule has 7 heteroatoms. The van der Waals surface area contributed by atoms with Crippen molar-refractivity contribution in [2.45, 2.75) is 46.2 Å². The van der Waals surface area contributed by atoms with Crippen LogP contribution in [0, 0.1) is 6.92 Å². The number of aryl methyl sites for hydroxylation is 1. The lowest BCUT2D eigenvalue weighted by molar-refractivity contribution is 0.249. The summed E-state index contributed by atoms with van der Waals surface area (Å²) in [5, 5.41) is 10.5. The second-order valence-corrected chi connectivity index (χ2v) is 8.06. The van der Waals surface area contributed by atoms with Crippen molar-refractivity contribution in [2.24, 2.45) is 0 Å². The molecule has 2 aromatic rings. The maximum absolute atomic E-state index is 12.5. The highest BCUT2D eigenvalue weighted by atomic mass is 16.5. The van der Waals surface area contributed by atoms with Gasteiger partial charge in [-0.05, 0) is 52.8 Å². The van der Waals surface area contributed by atoms with Crippen molar-refractivity contribution < 1.29 is 9.53 Å². The summed E-state index contributed by atoms with van der Waals surface area (Å²) in [6.07, 6.45) is 2.01. The van der Waals surface area contributed by atoms with E-state index in [-0.39, 0.29) is 17.6 Å². The van der Waals surface area contributed by atoms with Gasteiger partial charge in [-0.25, -0.2) is 4.79 Å². The number of carbonyl (C=O) groups is 1. The highest BCUT2D eigenvalue weighted by Crippen LogP contribution is 2.33. The van der Waals surface area contributed by atoms with E-state index in [1.165, 1.54) is 0 Å². The SMILES string of the molecule is Cc1nn(C(C)(C)C)cc1C(C)NC(=O)Nc1ccc2c(c1)N(C)CCO2. The van der Waals surface area contributed by atoms with Crippen molar-refractivity contribution in [1.82, 2.24) is 15.1 Å². The van der Waals surface area contributed by atoms with Crippen LogP contribution in [0.3, 0.4) is 0 Å². The number of rotatable bonds is 3. The van der Waals surface area contributed by atoms with Gasteiger partial charge in [0.25, 0.3) is 0 Å². The fourth-order valence-corrected chi connectivity index (χ4v) is 3.11. The van der Waals surface area contributed by atoms with E-state index in [0.29, 0.717) is 6.61 Å². The highest BCUT2D eigenvalue weighted by Gasteiger charge is 2.21. The van der Waals surface area contributed by atoms with Crippen LogP contribution >= 0.6 is 0 Å². The molecular weight excluding hydrogens is 342 g/mol. The first-order valence-corrected chi connectivity index (χ1v) is 9.27. The van der Waals surface area contributed by atoms with Crippen LogP contribution < -0.4 is 20.3 Å². The largest absolute Gasteiger partial charge is 0.490 e. The number of benzene rings is 1. The molecule has 0 radical (unpaired) electrons. The first kappa shape index (κ1) is 19.1. The van der Waals surface area contributed by atoms with Gasteiger partial charge in [0.05, 0.1) is 29.5 Å². The van der Waals surface area contributed by atoms with Crippen LogP contribution in [-0.2, 0) is 5.54 Å². The highest BCUT2D eigenvalue weighted by molar-refractivity contribution is 5.90. The summed E-state index contributed by atoms with van der Waals surface area (Å²) >= 11 is 0. The van der Waals surface area contributed by atoms with Gasteiger partial charge in [-0.3, -0.25) is 4.68 Å². The Morgan fingerprint density at radius 2 is 2.07 bits per heavy atom. The number of fused-ring (bicyclic) bond motifs is 1. The summed E-state index contributed by atoms with van der Waals surface area (Å²) in [6, 6.07) is 5.28. The van der Waals surface area contributed by atoms with E-state index in [9.17, 15) is 4.79 Å². The van der Waals surface area contributed by atoms with Gasteiger partial charge in [-0.2, -0.15) is 5.10 Å². The molecule has 27 heavy (non-hydrogen) atoms. The number of hydrogen-bond acceptors (Lipinski definition) is 4. The summed E-state index contributed by atoms with van der Waals surface area (Å²) in [5.74, 6) is 0.841.